The minimum absolute atomic E-state index is 0.0879. The molecule has 1 aliphatic heterocycles. The summed E-state index contributed by atoms with van der Waals surface area (Å²) in [4.78, 5) is 25.9. The van der Waals surface area contributed by atoms with Gasteiger partial charge in [-0.2, -0.15) is 0 Å². The zero-order chi connectivity index (χ0) is 13.9. The van der Waals surface area contributed by atoms with Crippen LogP contribution in [0.15, 0.2) is 30.3 Å². The number of carbonyl (C=O) groups excluding carboxylic acids is 2. The molecule has 0 aliphatic carbocycles. The third-order valence-corrected chi connectivity index (χ3v) is 3.36. The minimum Gasteiger partial charge on any atom is -0.383 e. The van der Waals surface area contributed by atoms with Gasteiger partial charge in [0.15, 0.2) is 0 Å². The average molecular weight is 262 g/mol. The number of carbonyl (C=O) groups is 2. The predicted molar refractivity (Wildman–Crippen MR) is 70.4 cm³/mol. The largest absolute Gasteiger partial charge is 0.383 e. The Morgan fingerprint density at radius 3 is 2.63 bits per heavy atom. The molecule has 1 heterocycles. The van der Waals surface area contributed by atoms with Crippen molar-refractivity contribution < 1.29 is 14.3 Å². The molecule has 102 valence electrons. The van der Waals surface area contributed by atoms with E-state index >= 15 is 0 Å². The highest BCUT2D eigenvalue weighted by atomic mass is 16.5. The number of methoxy groups -OCH3 is 1. The summed E-state index contributed by atoms with van der Waals surface area (Å²) in [6, 6.07) is 9.28. The molecule has 5 heteroatoms. The molecule has 1 aliphatic rings. The smallest absolute Gasteiger partial charge is 0.253 e. The number of ether oxygens (including phenoxy) is 1. The maximum absolute atomic E-state index is 12.6. The molecule has 0 bridgehead atoms. The summed E-state index contributed by atoms with van der Waals surface area (Å²) in [6.45, 7) is 2.67. The lowest BCUT2D eigenvalue weighted by atomic mass is 9.88. The zero-order valence-electron chi connectivity index (χ0n) is 11.2. The van der Waals surface area contributed by atoms with Crippen LogP contribution in [0.3, 0.4) is 0 Å². The van der Waals surface area contributed by atoms with Gasteiger partial charge in [-0.25, -0.2) is 0 Å². The molecular formula is C14H18N2O3. The van der Waals surface area contributed by atoms with Crippen molar-refractivity contribution in [1.29, 1.82) is 0 Å². The third kappa shape index (κ3) is 2.61. The van der Waals surface area contributed by atoms with Crippen molar-refractivity contribution in [3.8, 4) is 0 Å². The van der Waals surface area contributed by atoms with Crippen LogP contribution in [-0.2, 0) is 19.9 Å². The fraction of sp³-hybridized carbons (Fsp3) is 0.429. The van der Waals surface area contributed by atoms with Crippen molar-refractivity contribution in [1.82, 2.24) is 10.2 Å². The summed E-state index contributed by atoms with van der Waals surface area (Å²) >= 11 is 0. The van der Waals surface area contributed by atoms with Gasteiger partial charge in [0, 0.05) is 13.7 Å². The van der Waals surface area contributed by atoms with Gasteiger partial charge in [0.2, 0.25) is 5.91 Å². The Hall–Kier alpha value is -1.88. The van der Waals surface area contributed by atoms with Gasteiger partial charge in [-0.15, -0.1) is 0 Å². The van der Waals surface area contributed by atoms with E-state index in [-0.39, 0.29) is 18.4 Å². The molecule has 1 atom stereocenters. The van der Waals surface area contributed by atoms with Crippen LogP contribution in [0.4, 0.5) is 0 Å². The lowest BCUT2D eigenvalue weighted by Crippen LogP contribution is -2.63. The summed E-state index contributed by atoms with van der Waals surface area (Å²) in [5.41, 5.74) is -0.208. The van der Waals surface area contributed by atoms with Crippen LogP contribution in [0.1, 0.15) is 12.5 Å². The molecule has 1 N–H and O–H groups in total. The van der Waals surface area contributed by atoms with Gasteiger partial charge in [0.1, 0.15) is 5.54 Å². The van der Waals surface area contributed by atoms with Crippen molar-refractivity contribution in [2.24, 2.45) is 0 Å². The van der Waals surface area contributed by atoms with Crippen molar-refractivity contribution >= 4 is 11.8 Å². The molecule has 0 saturated carbocycles. The maximum Gasteiger partial charge on any atom is 0.253 e. The Labute approximate surface area is 112 Å². The monoisotopic (exact) mass is 262 g/mol. The summed E-state index contributed by atoms with van der Waals surface area (Å²) in [7, 11) is 1.57. The molecule has 0 spiro atoms. The predicted octanol–water partition coefficient (Wildman–Crippen LogP) is 0.507. The third-order valence-electron chi connectivity index (χ3n) is 3.36. The number of hydrogen-bond acceptors (Lipinski definition) is 3. The zero-order valence-corrected chi connectivity index (χ0v) is 11.2. The van der Waals surface area contributed by atoms with E-state index in [4.69, 9.17) is 4.74 Å². The van der Waals surface area contributed by atoms with Crippen molar-refractivity contribution in [3.63, 3.8) is 0 Å². The molecule has 0 radical (unpaired) electrons. The van der Waals surface area contributed by atoms with Gasteiger partial charge in [0.25, 0.3) is 5.91 Å². The molecule has 1 aromatic rings. The van der Waals surface area contributed by atoms with E-state index in [0.29, 0.717) is 13.2 Å². The highest BCUT2D eigenvalue weighted by Crippen LogP contribution is 2.25. The standard InChI is InChI=1S/C14H18N2O3/c1-14(11-6-4-3-5-7-11)13(18)16(8-9-19-2)10-12(17)15-14/h3-7H,8-10H2,1-2H3,(H,15,17). The quantitative estimate of drug-likeness (QED) is 0.860. The van der Waals surface area contributed by atoms with Crippen LogP contribution in [0.2, 0.25) is 0 Å². The number of hydrogen-bond donors (Lipinski definition) is 1. The van der Waals surface area contributed by atoms with Crippen LogP contribution < -0.4 is 5.32 Å². The van der Waals surface area contributed by atoms with Gasteiger partial charge >= 0.3 is 0 Å². The van der Waals surface area contributed by atoms with E-state index in [0.717, 1.165) is 5.56 Å². The molecule has 1 aromatic carbocycles. The molecular weight excluding hydrogens is 244 g/mol. The SMILES string of the molecule is COCCN1CC(=O)NC(C)(c2ccccc2)C1=O. The summed E-state index contributed by atoms with van der Waals surface area (Å²) < 4.78 is 4.98. The molecule has 2 rings (SSSR count). The Kier molecular flexibility index (Phi) is 3.85. The maximum atomic E-state index is 12.6. The fourth-order valence-corrected chi connectivity index (χ4v) is 2.28. The lowest BCUT2D eigenvalue weighted by Gasteiger charge is -2.40. The van der Waals surface area contributed by atoms with Gasteiger partial charge in [-0.1, -0.05) is 30.3 Å². The summed E-state index contributed by atoms with van der Waals surface area (Å²) in [5.74, 6) is -0.252. The first kappa shape index (κ1) is 13.5. The Morgan fingerprint density at radius 1 is 1.32 bits per heavy atom. The van der Waals surface area contributed by atoms with Crippen LogP contribution in [0.25, 0.3) is 0 Å². The lowest BCUT2D eigenvalue weighted by molar-refractivity contribution is -0.150. The van der Waals surface area contributed by atoms with E-state index in [9.17, 15) is 9.59 Å². The molecule has 1 unspecified atom stereocenters. The molecule has 5 nitrogen and oxygen atoms in total. The Balaban J connectivity index is 2.28. The normalized spacial score (nSPS) is 23.4. The van der Waals surface area contributed by atoms with Gasteiger partial charge in [-0.05, 0) is 12.5 Å². The Bertz CT molecular complexity index is 475. The number of piperazine rings is 1. The van der Waals surface area contributed by atoms with Crippen LogP contribution in [-0.4, -0.2) is 43.5 Å². The number of nitrogens with one attached hydrogen (secondary N) is 1. The number of rotatable bonds is 4. The van der Waals surface area contributed by atoms with E-state index in [1.54, 1.807) is 14.0 Å². The number of amides is 2. The topological polar surface area (TPSA) is 58.6 Å². The van der Waals surface area contributed by atoms with Crippen LogP contribution in [0.5, 0.6) is 0 Å². The van der Waals surface area contributed by atoms with Gasteiger partial charge in [-0.3, -0.25) is 9.59 Å². The second kappa shape index (κ2) is 5.40. The van der Waals surface area contributed by atoms with Crippen molar-refractivity contribution in [2.45, 2.75) is 12.5 Å². The first-order valence-electron chi connectivity index (χ1n) is 6.23. The molecule has 2 amide bonds. The number of nitrogens with zero attached hydrogens (tertiary/aromatic N) is 1. The van der Waals surface area contributed by atoms with Crippen molar-refractivity contribution in [3.05, 3.63) is 35.9 Å². The highest BCUT2D eigenvalue weighted by Gasteiger charge is 2.43. The van der Waals surface area contributed by atoms with E-state index < -0.39 is 5.54 Å². The summed E-state index contributed by atoms with van der Waals surface area (Å²) in [6.07, 6.45) is 0. The van der Waals surface area contributed by atoms with E-state index in [1.165, 1.54) is 4.90 Å². The molecule has 0 aromatic heterocycles. The number of benzene rings is 1. The van der Waals surface area contributed by atoms with Crippen LogP contribution in [0, 0.1) is 0 Å². The van der Waals surface area contributed by atoms with Gasteiger partial charge < -0.3 is 15.0 Å². The van der Waals surface area contributed by atoms with Crippen molar-refractivity contribution in [2.75, 3.05) is 26.8 Å². The highest BCUT2D eigenvalue weighted by molar-refractivity contribution is 5.98. The second-order valence-electron chi connectivity index (χ2n) is 4.76. The van der Waals surface area contributed by atoms with E-state index in [1.807, 2.05) is 30.3 Å². The first-order chi connectivity index (χ1) is 9.08. The van der Waals surface area contributed by atoms with Crippen LogP contribution >= 0.6 is 0 Å². The Morgan fingerprint density at radius 2 is 2.00 bits per heavy atom. The summed E-state index contributed by atoms with van der Waals surface area (Å²) in [5, 5.41) is 2.79. The molecule has 1 saturated heterocycles. The minimum atomic E-state index is -0.996. The fourth-order valence-electron chi connectivity index (χ4n) is 2.28. The molecule has 19 heavy (non-hydrogen) atoms. The van der Waals surface area contributed by atoms with E-state index in [2.05, 4.69) is 5.32 Å². The average Bonchev–Trinajstić information content (AvgIpc) is 2.42. The molecule has 1 fully saturated rings. The van der Waals surface area contributed by atoms with Gasteiger partial charge in [0.05, 0.1) is 13.2 Å². The first-order valence-corrected chi connectivity index (χ1v) is 6.23. The second-order valence-corrected chi connectivity index (χ2v) is 4.76.